The van der Waals surface area contributed by atoms with Gasteiger partial charge in [0.1, 0.15) is 0 Å². The maximum Gasteiger partial charge on any atom is 0.166 e. The molecule has 60 heavy (non-hydrogen) atoms. The Bertz CT molecular complexity index is 4030. The first-order valence-electron chi connectivity index (χ1n) is 23.1. The fourth-order valence-corrected chi connectivity index (χ4v) is 9.71. The van der Waals surface area contributed by atoms with Crippen molar-refractivity contribution >= 4 is 64.1 Å². The van der Waals surface area contributed by atoms with Crippen LogP contribution in [0.15, 0.2) is 206 Å². The van der Waals surface area contributed by atoms with E-state index in [-0.39, 0.29) is 57.8 Å². The molecule has 0 fully saturated rings. The summed E-state index contributed by atoms with van der Waals surface area (Å²) in [6.07, 6.45) is 0. The van der Waals surface area contributed by atoms with Gasteiger partial charge in [0, 0.05) is 47.6 Å². The third-order valence-electron chi connectivity index (χ3n) is 11.2. The SMILES string of the molecule is [2H]c1cc([2H])c2c(c1[2H])c1c([2H])c([2H])c([2H])c([2H])c1n2-c1ccccc1-c1nc(-c2cccc(-c3cccc4c3sc3ccccc34)c2)nc(-c2ccc(-c3ccccc3)c3ccccc23)n1. The second-order valence-electron chi connectivity index (χ2n) is 14.6. The minimum absolute atomic E-state index is 0.0656. The van der Waals surface area contributed by atoms with Crippen LogP contribution in [0.25, 0.3) is 115 Å². The molecule has 5 heteroatoms. The van der Waals surface area contributed by atoms with Crippen molar-refractivity contribution in [2.45, 2.75) is 0 Å². The quantitative estimate of drug-likeness (QED) is 0.168. The molecule has 0 radical (unpaired) electrons. The highest BCUT2D eigenvalue weighted by Crippen LogP contribution is 2.42. The number of rotatable bonds is 6. The molecule has 0 bridgehead atoms. The Labute approximate surface area is 360 Å². The lowest BCUT2D eigenvalue weighted by Gasteiger charge is -2.16. The molecule has 9 aromatic carbocycles. The molecule has 4 nitrogen and oxygen atoms in total. The van der Waals surface area contributed by atoms with Gasteiger partial charge in [0.15, 0.2) is 17.5 Å². The van der Waals surface area contributed by atoms with Crippen molar-refractivity contribution in [2.75, 3.05) is 0 Å². The number of thiophene rings is 1. The van der Waals surface area contributed by atoms with Gasteiger partial charge >= 0.3 is 0 Å². The monoisotopic (exact) mass is 789 g/mol. The number of hydrogen-bond donors (Lipinski definition) is 0. The van der Waals surface area contributed by atoms with Crippen LogP contribution in [-0.2, 0) is 0 Å². The Hall–Kier alpha value is -7.73. The number of nitrogens with zero attached hydrogens (tertiary/aromatic N) is 4. The Balaban J connectivity index is 1.13. The molecule has 0 unspecified atom stereocenters. The summed E-state index contributed by atoms with van der Waals surface area (Å²) >= 11 is 1.77. The topological polar surface area (TPSA) is 43.6 Å². The highest BCUT2D eigenvalue weighted by atomic mass is 32.1. The Morgan fingerprint density at radius 3 is 1.87 bits per heavy atom. The molecule has 3 heterocycles. The number of hydrogen-bond acceptors (Lipinski definition) is 4. The van der Waals surface area contributed by atoms with Crippen molar-refractivity contribution in [1.82, 2.24) is 19.5 Å². The van der Waals surface area contributed by atoms with Crippen LogP contribution in [0.4, 0.5) is 0 Å². The van der Waals surface area contributed by atoms with Crippen LogP contribution in [0.3, 0.4) is 0 Å². The van der Waals surface area contributed by atoms with Gasteiger partial charge in [-0.2, -0.15) is 0 Å². The summed E-state index contributed by atoms with van der Waals surface area (Å²) in [5.74, 6) is 1.11. The molecule has 12 aromatic rings. The van der Waals surface area contributed by atoms with Gasteiger partial charge in [-0.25, -0.2) is 15.0 Å². The van der Waals surface area contributed by atoms with Crippen molar-refractivity contribution in [1.29, 1.82) is 0 Å². The van der Waals surface area contributed by atoms with E-state index in [0.717, 1.165) is 44.2 Å². The van der Waals surface area contributed by atoms with E-state index < -0.39 is 12.1 Å². The van der Waals surface area contributed by atoms with Crippen molar-refractivity contribution in [3.8, 4) is 62.1 Å². The molecular weight excluding hydrogens is 749 g/mol. The summed E-state index contributed by atoms with van der Waals surface area (Å²) in [6.45, 7) is 0. The molecule has 0 saturated heterocycles. The number of para-hydroxylation sites is 3. The Morgan fingerprint density at radius 2 is 0.983 bits per heavy atom. The number of fused-ring (bicyclic) bond motifs is 7. The average molecular weight is 790 g/mol. The summed E-state index contributed by atoms with van der Waals surface area (Å²) in [4.78, 5) is 15.7. The van der Waals surface area contributed by atoms with Crippen LogP contribution in [0.2, 0.25) is 0 Å². The zero-order valence-corrected chi connectivity index (χ0v) is 32.6. The van der Waals surface area contributed by atoms with Crippen LogP contribution in [0.5, 0.6) is 0 Å². The molecule has 0 saturated carbocycles. The molecular formula is C55H34N4S. The summed E-state index contributed by atoms with van der Waals surface area (Å²) in [7, 11) is 0. The van der Waals surface area contributed by atoms with E-state index in [2.05, 4.69) is 84.9 Å². The average Bonchev–Trinajstić information content (AvgIpc) is 3.94. The molecule has 0 aliphatic rings. The molecule has 0 aliphatic carbocycles. The van der Waals surface area contributed by atoms with Crippen molar-refractivity contribution in [3.63, 3.8) is 0 Å². The zero-order chi connectivity index (χ0) is 45.7. The van der Waals surface area contributed by atoms with E-state index >= 15 is 0 Å². The minimum atomic E-state index is -0.464. The molecule has 0 aliphatic heterocycles. The van der Waals surface area contributed by atoms with Gasteiger partial charge < -0.3 is 4.57 Å². The van der Waals surface area contributed by atoms with Crippen molar-refractivity contribution < 1.29 is 9.60 Å². The molecule has 280 valence electrons. The predicted octanol–water partition coefficient (Wildman–Crippen LogP) is 14.8. The van der Waals surface area contributed by atoms with Crippen LogP contribution in [0.1, 0.15) is 9.60 Å². The second kappa shape index (κ2) is 14.0. The number of benzene rings is 9. The van der Waals surface area contributed by atoms with Crippen LogP contribution in [-0.4, -0.2) is 19.5 Å². The fourth-order valence-electron chi connectivity index (χ4n) is 8.48. The van der Waals surface area contributed by atoms with E-state index in [1.165, 1.54) is 26.2 Å². The first-order chi connectivity index (χ1) is 32.7. The lowest BCUT2D eigenvalue weighted by Crippen LogP contribution is -2.04. The summed E-state index contributed by atoms with van der Waals surface area (Å²) < 4.78 is 66.3. The van der Waals surface area contributed by atoms with Crippen LogP contribution < -0.4 is 0 Å². The van der Waals surface area contributed by atoms with Crippen LogP contribution in [0, 0.1) is 0 Å². The molecule has 0 amide bonds. The van der Waals surface area contributed by atoms with Crippen molar-refractivity contribution in [2.24, 2.45) is 0 Å². The third-order valence-corrected chi connectivity index (χ3v) is 12.4. The molecule has 0 atom stereocenters. The largest absolute Gasteiger partial charge is 0.309 e. The maximum absolute atomic E-state index is 9.22. The lowest BCUT2D eigenvalue weighted by atomic mass is 9.94. The Morgan fingerprint density at radius 1 is 0.383 bits per heavy atom. The molecule has 0 spiro atoms. The van der Waals surface area contributed by atoms with Gasteiger partial charge in [-0.3, -0.25) is 0 Å². The smallest absolute Gasteiger partial charge is 0.166 e. The minimum Gasteiger partial charge on any atom is -0.309 e. The summed E-state index contributed by atoms with van der Waals surface area (Å²) in [6, 6.07) is 52.0. The van der Waals surface area contributed by atoms with Gasteiger partial charge in [-0.05, 0) is 75.4 Å². The predicted molar refractivity (Wildman–Crippen MR) is 252 cm³/mol. The van der Waals surface area contributed by atoms with Gasteiger partial charge in [-0.1, -0.05) is 164 Å². The molecule has 0 N–H and O–H groups in total. The Kier molecular flexibility index (Phi) is 6.48. The summed E-state index contributed by atoms with van der Waals surface area (Å²) in [5, 5.41) is 4.54. The second-order valence-corrected chi connectivity index (χ2v) is 15.6. The van der Waals surface area contributed by atoms with Gasteiger partial charge in [0.2, 0.25) is 0 Å². The fraction of sp³-hybridized carbons (Fsp3) is 0. The van der Waals surface area contributed by atoms with Crippen LogP contribution >= 0.6 is 11.3 Å². The normalized spacial score (nSPS) is 13.3. The first kappa shape index (κ1) is 27.8. The summed E-state index contributed by atoms with van der Waals surface area (Å²) in [5.41, 5.74) is 6.95. The molecule has 3 aromatic heterocycles. The highest BCUT2D eigenvalue weighted by Gasteiger charge is 2.21. The molecule has 12 rings (SSSR count). The lowest BCUT2D eigenvalue weighted by molar-refractivity contribution is 1.07. The van der Waals surface area contributed by atoms with E-state index in [1.54, 1.807) is 22.0 Å². The van der Waals surface area contributed by atoms with E-state index in [0.29, 0.717) is 22.9 Å². The maximum atomic E-state index is 9.22. The van der Waals surface area contributed by atoms with E-state index in [1.807, 2.05) is 66.7 Å². The van der Waals surface area contributed by atoms with E-state index in [9.17, 15) is 2.74 Å². The first-order valence-corrected chi connectivity index (χ1v) is 20.4. The standard InChI is InChI=1S/C55H34N4S/c1-2-16-35(17-3-1)38-32-33-46(41-21-5-4-20-40(38)41)54-56-53(37-19-14-18-36(34-37)39-26-15-27-45-44-24-9-13-31-51(44)60-52(39)45)57-55(58-54)47-25-8-12-30-50(47)59-48-28-10-6-22-42(48)43-23-7-11-29-49(43)59/h1-34H/i6D,7D,10D,22D,23D,28D,29D. The zero-order valence-electron chi connectivity index (χ0n) is 38.8. The highest BCUT2D eigenvalue weighted by molar-refractivity contribution is 7.26. The number of aromatic nitrogens is 4. The van der Waals surface area contributed by atoms with E-state index in [4.69, 9.17) is 21.8 Å². The van der Waals surface area contributed by atoms with Crippen molar-refractivity contribution in [3.05, 3.63) is 206 Å². The third kappa shape index (κ3) is 5.55. The van der Waals surface area contributed by atoms with Gasteiger partial charge in [0.25, 0.3) is 0 Å². The van der Waals surface area contributed by atoms with Gasteiger partial charge in [-0.15, -0.1) is 11.3 Å². The van der Waals surface area contributed by atoms with Gasteiger partial charge in [0.05, 0.1) is 26.3 Å².